The molecule has 172 valence electrons. The predicted molar refractivity (Wildman–Crippen MR) is 113 cm³/mol. The molecule has 11 heteroatoms. The summed E-state index contributed by atoms with van der Waals surface area (Å²) in [5, 5.41) is 23.3. The molecule has 5 rings (SSSR count). The first-order chi connectivity index (χ1) is 15.9. The zero-order valence-corrected chi connectivity index (χ0v) is 17.6. The van der Waals surface area contributed by atoms with Crippen LogP contribution in [0.3, 0.4) is 0 Å². The number of hydrogen-bond donors (Lipinski definition) is 3. The first-order valence-electron chi connectivity index (χ1n) is 10.4. The molecule has 1 unspecified atom stereocenters. The Balaban J connectivity index is 1.61. The van der Waals surface area contributed by atoms with Crippen molar-refractivity contribution in [2.75, 3.05) is 18.5 Å². The van der Waals surface area contributed by atoms with Crippen LogP contribution in [0.15, 0.2) is 41.5 Å². The molecule has 1 aliphatic heterocycles. The minimum atomic E-state index is -0.977. The third kappa shape index (κ3) is 3.94. The molecular weight excluding hydrogens is 436 g/mol. The number of halogens is 2. The Hall–Kier alpha value is -3.41. The minimum Gasteiger partial charge on any atom is -0.472 e. The van der Waals surface area contributed by atoms with Crippen LogP contribution in [0.2, 0.25) is 0 Å². The lowest BCUT2D eigenvalue weighted by Gasteiger charge is -2.28. The van der Waals surface area contributed by atoms with E-state index in [1.165, 1.54) is 30.0 Å². The quantitative estimate of drug-likeness (QED) is 0.419. The van der Waals surface area contributed by atoms with Crippen molar-refractivity contribution < 1.29 is 28.1 Å². The summed E-state index contributed by atoms with van der Waals surface area (Å²) < 4.78 is 41.6. The summed E-state index contributed by atoms with van der Waals surface area (Å²) in [4.78, 5) is 12.4. The Morgan fingerprint density at radius 3 is 2.82 bits per heavy atom. The van der Waals surface area contributed by atoms with E-state index in [-0.39, 0.29) is 41.2 Å². The lowest BCUT2D eigenvalue weighted by atomic mass is 10.1. The fraction of sp³-hybridized carbons (Fsp3) is 0.318. The van der Waals surface area contributed by atoms with Gasteiger partial charge in [-0.2, -0.15) is 0 Å². The molecule has 4 aromatic heterocycles. The number of fused-ring (bicyclic) bond motifs is 1. The summed E-state index contributed by atoms with van der Waals surface area (Å²) in [5.41, 5.74) is 1.26. The molecule has 1 saturated heterocycles. The van der Waals surface area contributed by atoms with Crippen molar-refractivity contribution in [3.63, 3.8) is 0 Å². The first kappa shape index (κ1) is 21.4. The molecule has 0 amide bonds. The number of hydrogen-bond acceptors (Lipinski definition) is 8. The number of nitrogens with zero attached hydrogens (tertiary/aromatic N) is 4. The molecule has 33 heavy (non-hydrogen) atoms. The highest BCUT2D eigenvalue weighted by molar-refractivity contribution is 5.71. The van der Waals surface area contributed by atoms with Crippen LogP contribution in [-0.2, 0) is 4.74 Å². The molecule has 0 aliphatic carbocycles. The lowest BCUT2D eigenvalue weighted by molar-refractivity contribution is -0.0136. The van der Waals surface area contributed by atoms with Crippen LogP contribution < -0.4 is 5.32 Å². The first-order valence-corrected chi connectivity index (χ1v) is 10.4. The second-order valence-electron chi connectivity index (χ2n) is 7.88. The second-order valence-corrected chi connectivity index (χ2v) is 7.88. The molecule has 0 saturated carbocycles. The zero-order valence-electron chi connectivity index (χ0n) is 17.6. The number of aliphatic hydroxyl groups excluding tert-OH is 2. The Bertz CT molecular complexity index is 1290. The van der Waals surface area contributed by atoms with Crippen molar-refractivity contribution in [1.82, 2.24) is 19.4 Å². The fourth-order valence-corrected chi connectivity index (χ4v) is 3.92. The number of ether oxygens (including phenoxy) is 1. The van der Waals surface area contributed by atoms with E-state index < -0.39 is 23.8 Å². The molecule has 3 atom stereocenters. The number of pyridine rings is 1. The van der Waals surface area contributed by atoms with Crippen LogP contribution >= 0.6 is 0 Å². The summed E-state index contributed by atoms with van der Waals surface area (Å²) in [6, 6.07) is 2.43. The van der Waals surface area contributed by atoms with Gasteiger partial charge in [0.1, 0.15) is 5.69 Å². The van der Waals surface area contributed by atoms with Gasteiger partial charge < -0.3 is 24.7 Å². The van der Waals surface area contributed by atoms with Gasteiger partial charge >= 0.3 is 0 Å². The Morgan fingerprint density at radius 2 is 2.09 bits per heavy atom. The number of nitrogens with one attached hydrogen (secondary N) is 1. The maximum atomic E-state index is 15.1. The van der Waals surface area contributed by atoms with Gasteiger partial charge in [0.2, 0.25) is 5.95 Å². The van der Waals surface area contributed by atoms with E-state index >= 15 is 4.39 Å². The lowest BCUT2D eigenvalue weighted by Crippen LogP contribution is -2.42. The number of aromatic nitrogens is 4. The number of imidazole rings is 1. The Morgan fingerprint density at radius 1 is 1.24 bits per heavy atom. The molecule has 1 aliphatic rings. The van der Waals surface area contributed by atoms with Crippen molar-refractivity contribution >= 4 is 11.6 Å². The van der Waals surface area contributed by atoms with Crippen molar-refractivity contribution in [1.29, 1.82) is 0 Å². The van der Waals surface area contributed by atoms with E-state index in [9.17, 15) is 14.6 Å². The molecule has 4 aromatic rings. The van der Waals surface area contributed by atoms with Crippen molar-refractivity contribution in [2.24, 2.45) is 0 Å². The largest absolute Gasteiger partial charge is 0.472 e. The van der Waals surface area contributed by atoms with Gasteiger partial charge in [0, 0.05) is 23.9 Å². The van der Waals surface area contributed by atoms with Crippen LogP contribution in [0.4, 0.5) is 14.7 Å². The van der Waals surface area contributed by atoms with Crippen LogP contribution in [0.25, 0.3) is 28.2 Å². The van der Waals surface area contributed by atoms with Gasteiger partial charge in [0.05, 0.1) is 55.0 Å². The number of furan rings is 1. The topological polar surface area (TPSA) is 118 Å². The highest BCUT2D eigenvalue weighted by atomic mass is 19.1. The smallest absolute Gasteiger partial charge is 0.223 e. The van der Waals surface area contributed by atoms with E-state index in [2.05, 4.69) is 20.3 Å². The molecule has 3 N–H and O–H groups in total. The molecule has 9 nitrogen and oxygen atoms in total. The van der Waals surface area contributed by atoms with E-state index in [1.54, 1.807) is 6.07 Å². The van der Waals surface area contributed by atoms with Crippen LogP contribution in [0.1, 0.15) is 25.1 Å². The van der Waals surface area contributed by atoms with Crippen molar-refractivity contribution in [3.05, 3.63) is 54.4 Å². The minimum absolute atomic E-state index is 0.0241. The molecule has 0 bridgehead atoms. The van der Waals surface area contributed by atoms with Gasteiger partial charge in [-0.05, 0) is 25.5 Å². The van der Waals surface area contributed by atoms with E-state index in [0.29, 0.717) is 24.3 Å². The SMILES string of the molecule is CC(O)c1nc2c(F)cc(-c3nc(N[C@@H]4CCOC[C@H]4O)ncc3F)cn2c1-c1ccoc1. The van der Waals surface area contributed by atoms with Crippen molar-refractivity contribution in [2.45, 2.75) is 31.6 Å². The number of anilines is 1. The number of aliphatic hydroxyl groups is 2. The van der Waals surface area contributed by atoms with Crippen LogP contribution in [-0.4, -0.2) is 54.9 Å². The highest BCUT2D eigenvalue weighted by Gasteiger charge is 2.26. The van der Waals surface area contributed by atoms with Gasteiger partial charge in [0.25, 0.3) is 0 Å². The Labute approximate surface area is 186 Å². The summed E-state index contributed by atoms with van der Waals surface area (Å²) in [6.45, 7) is 2.17. The zero-order chi connectivity index (χ0) is 23.1. The van der Waals surface area contributed by atoms with Crippen LogP contribution in [0, 0.1) is 11.6 Å². The molecule has 0 aromatic carbocycles. The normalized spacial score (nSPS) is 19.7. The molecule has 0 radical (unpaired) electrons. The van der Waals surface area contributed by atoms with Crippen LogP contribution in [0.5, 0.6) is 0 Å². The molecule has 5 heterocycles. The van der Waals surface area contributed by atoms with Crippen molar-refractivity contribution in [3.8, 4) is 22.5 Å². The van der Waals surface area contributed by atoms with Gasteiger partial charge in [-0.1, -0.05) is 0 Å². The summed E-state index contributed by atoms with van der Waals surface area (Å²) in [6.07, 6.45) is 4.19. The van der Waals surface area contributed by atoms with Gasteiger partial charge in [-0.25, -0.2) is 23.7 Å². The fourth-order valence-electron chi connectivity index (χ4n) is 3.92. The molecular formula is C22H21F2N5O4. The third-order valence-electron chi connectivity index (χ3n) is 5.55. The maximum absolute atomic E-state index is 15.1. The summed E-state index contributed by atoms with van der Waals surface area (Å²) >= 11 is 0. The molecule has 1 fully saturated rings. The number of rotatable bonds is 5. The maximum Gasteiger partial charge on any atom is 0.223 e. The average Bonchev–Trinajstić information content (AvgIpc) is 3.44. The van der Waals surface area contributed by atoms with Gasteiger partial charge in [0.15, 0.2) is 17.3 Å². The summed E-state index contributed by atoms with van der Waals surface area (Å²) in [7, 11) is 0. The van der Waals surface area contributed by atoms with Gasteiger partial charge in [-0.3, -0.25) is 4.40 Å². The third-order valence-corrected chi connectivity index (χ3v) is 5.55. The predicted octanol–water partition coefficient (Wildman–Crippen LogP) is 2.94. The van der Waals surface area contributed by atoms with E-state index in [4.69, 9.17) is 9.15 Å². The highest BCUT2D eigenvalue weighted by Crippen LogP contribution is 2.33. The second kappa shape index (κ2) is 8.50. The standard InChI is InChI=1S/C22H21F2N5O4/c1-11(30)18-20(12-2-4-32-9-12)29-8-13(6-14(23)21(29)27-18)19-15(24)7-25-22(28-19)26-16-3-5-33-10-17(16)31/h2,4,6-9,11,16-17,30-31H,3,5,10H2,1H3,(H,25,26,28)/t11?,16-,17-/m1/s1. The Kier molecular flexibility index (Phi) is 5.52. The van der Waals surface area contributed by atoms with E-state index in [1.807, 2.05) is 0 Å². The monoisotopic (exact) mass is 457 g/mol. The van der Waals surface area contributed by atoms with E-state index in [0.717, 1.165) is 12.3 Å². The average molecular weight is 457 g/mol. The summed E-state index contributed by atoms with van der Waals surface area (Å²) in [5.74, 6) is -1.35. The van der Waals surface area contributed by atoms with Gasteiger partial charge in [-0.15, -0.1) is 0 Å². The molecule has 0 spiro atoms.